The summed E-state index contributed by atoms with van der Waals surface area (Å²) >= 11 is 0. The molecule has 0 spiro atoms. The molecule has 2 rings (SSSR count). The number of hydrogen-bond acceptors (Lipinski definition) is 4. The number of rotatable bonds is 5. The zero-order valence-electron chi connectivity index (χ0n) is 12.7. The fraction of sp³-hybridized carbons (Fsp3) is 0.188. The molecule has 1 N–H and O–H groups in total. The first-order valence-corrected chi connectivity index (χ1v) is 8.38. The number of amides is 1. The van der Waals surface area contributed by atoms with Gasteiger partial charge in [-0.25, -0.2) is 17.5 Å². The van der Waals surface area contributed by atoms with Crippen LogP contribution in [0.5, 0.6) is 5.75 Å². The summed E-state index contributed by atoms with van der Waals surface area (Å²) in [4.78, 5) is 11.9. The van der Waals surface area contributed by atoms with Gasteiger partial charge in [0.15, 0.2) is 0 Å². The molecule has 0 saturated carbocycles. The summed E-state index contributed by atoms with van der Waals surface area (Å²) in [5, 5.41) is 0. The van der Waals surface area contributed by atoms with Gasteiger partial charge in [0.2, 0.25) is 0 Å². The Morgan fingerprint density at radius 3 is 2.39 bits per heavy atom. The van der Waals surface area contributed by atoms with E-state index in [-0.39, 0.29) is 10.5 Å². The SMILES string of the molecule is CCOc1ccc(C(=O)NS(=O)(=O)c2ccc(F)cc2)cc1C. The number of hydrogen-bond donors (Lipinski definition) is 1. The molecular weight excluding hydrogens is 321 g/mol. The summed E-state index contributed by atoms with van der Waals surface area (Å²) in [6.45, 7) is 4.09. The maximum atomic E-state index is 12.9. The minimum Gasteiger partial charge on any atom is -0.494 e. The van der Waals surface area contributed by atoms with Crippen LogP contribution in [0.3, 0.4) is 0 Å². The van der Waals surface area contributed by atoms with Crippen LogP contribution in [-0.4, -0.2) is 20.9 Å². The Hall–Kier alpha value is -2.41. The molecule has 0 unspecified atom stereocenters. The standard InChI is InChI=1S/C16H16FNO4S/c1-3-22-15-9-4-12(10-11(15)2)16(19)18-23(20,21)14-7-5-13(17)6-8-14/h4-10H,3H2,1-2H3,(H,18,19). The molecule has 2 aromatic rings. The Labute approximate surface area is 134 Å². The van der Waals surface area contributed by atoms with Gasteiger partial charge in [0.25, 0.3) is 15.9 Å². The van der Waals surface area contributed by atoms with E-state index in [4.69, 9.17) is 4.74 Å². The van der Waals surface area contributed by atoms with Crippen molar-refractivity contribution in [1.82, 2.24) is 4.72 Å². The first-order chi connectivity index (χ1) is 10.8. The normalized spacial score (nSPS) is 11.1. The predicted octanol–water partition coefficient (Wildman–Crippen LogP) is 2.65. The van der Waals surface area contributed by atoms with E-state index in [0.29, 0.717) is 12.4 Å². The average molecular weight is 337 g/mol. The van der Waals surface area contributed by atoms with Gasteiger partial charge in [-0.1, -0.05) is 0 Å². The molecular formula is C16H16FNO4S. The summed E-state index contributed by atoms with van der Waals surface area (Å²) in [5.41, 5.74) is 0.912. The summed E-state index contributed by atoms with van der Waals surface area (Å²) in [6, 6.07) is 8.84. The number of carbonyl (C=O) groups is 1. The van der Waals surface area contributed by atoms with Crippen LogP contribution in [0.15, 0.2) is 47.4 Å². The molecule has 0 bridgehead atoms. The number of nitrogens with one attached hydrogen (secondary N) is 1. The highest BCUT2D eigenvalue weighted by molar-refractivity contribution is 7.90. The third-order valence-electron chi connectivity index (χ3n) is 3.09. The minimum atomic E-state index is -4.06. The monoisotopic (exact) mass is 337 g/mol. The second kappa shape index (κ2) is 6.78. The van der Waals surface area contributed by atoms with Gasteiger partial charge in [0.1, 0.15) is 11.6 Å². The van der Waals surface area contributed by atoms with Crippen molar-refractivity contribution in [2.24, 2.45) is 0 Å². The fourth-order valence-corrected chi connectivity index (χ4v) is 2.94. The molecule has 122 valence electrons. The molecule has 0 heterocycles. The highest BCUT2D eigenvalue weighted by atomic mass is 32.2. The molecule has 1 amide bonds. The number of aryl methyl sites for hydroxylation is 1. The van der Waals surface area contributed by atoms with Crippen LogP contribution >= 0.6 is 0 Å². The van der Waals surface area contributed by atoms with Crippen LogP contribution in [0.4, 0.5) is 4.39 Å². The van der Waals surface area contributed by atoms with Gasteiger partial charge in [-0.15, -0.1) is 0 Å². The predicted molar refractivity (Wildman–Crippen MR) is 83.4 cm³/mol. The molecule has 0 atom stereocenters. The van der Waals surface area contributed by atoms with E-state index in [0.717, 1.165) is 29.8 Å². The first kappa shape index (κ1) is 17.0. The van der Waals surface area contributed by atoms with Crippen molar-refractivity contribution in [1.29, 1.82) is 0 Å². The molecule has 7 heteroatoms. The third kappa shape index (κ3) is 4.07. The Bertz CT molecular complexity index is 816. The Morgan fingerprint density at radius 2 is 1.83 bits per heavy atom. The second-order valence-corrected chi connectivity index (χ2v) is 6.48. The van der Waals surface area contributed by atoms with Crippen molar-refractivity contribution in [3.05, 3.63) is 59.4 Å². The number of benzene rings is 2. The van der Waals surface area contributed by atoms with Crippen molar-refractivity contribution in [2.45, 2.75) is 18.7 Å². The highest BCUT2D eigenvalue weighted by Gasteiger charge is 2.19. The maximum absolute atomic E-state index is 12.9. The van der Waals surface area contributed by atoms with Crippen molar-refractivity contribution in [3.8, 4) is 5.75 Å². The van der Waals surface area contributed by atoms with Gasteiger partial charge in [-0.05, 0) is 61.9 Å². The van der Waals surface area contributed by atoms with E-state index in [9.17, 15) is 17.6 Å². The molecule has 2 aromatic carbocycles. The van der Waals surface area contributed by atoms with Gasteiger partial charge >= 0.3 is 0 Å². The van der Waals surface area contributed by atoms with Gasteiger partial charge in [0, 0.05) is 5.56 Å². The molecule has 5 nitrogen and oxygen atoms in total. The van der Waals surface area contributed by atoms with Crippen molar-refractivity contribution in [3.63, 3.8) is 0 Å². The van der Waals surface area contributed by atoms with E-state index in [1.165, 1.54) is 6.07 Å². The summed E-state index contributed by atoms with van der Waals surface area (Å²) < 4.78 is 44.4. The lowest BCUT2D eigenvalue weighted by atomic mass is 10.1. The minimum absolute atomic E-state index is 0.185. The third-order valence-corrected chi connectivity index (χ3v) is 4.43. The van der Waals surface area contributed by atoms with E-state index in [1.807, 2.05) is 11.6 Å². The molecule has 0 aliphatic carbocycles. The molecule has 23 heavy (non-hydrogen) atoms. The fourth-order valence-electron chi connectivity index (χ4n) is 1.96. The molecule has 0 radical (unpaired) electrons. The van der Waals surface area contributed by atoms with E-state index >= 15 is 0 Å². The van der Waals surface area contributed by atoms with Crippen LogP contribution in [-0.2, 0) is 10.0 Å². The van der Waals surface area contributed by atoms with Crippen LogP contribution in [0.2, 0.25) is 0 Å². The van der Waals surface area contributed by atoms with Crippen molar-refractivity contribution in [2.75, 3.05) is 6.61 Å². The molecule has 0 aromatic heterocycles. The van der Waals surface area contributed by atoms with Crippen molar-refractivity contribution < 1.29 is 22.3 Å². The molecule has 0 aliphatic heterocycles. The number of sulfonamides is 1. The zero-order valence-corrected chi connectivity index (χ0v) is 13.5. The lowest BCUT2D eigenvalue weighted by Gasteiger charge is -2.10. The topological polar surface area (TPSA) is 72.5 Å². The number of carbonyl (C=O) groups excluding carboxylic acids is 1. The Kier molecular flexibility index (Phi) is 5.00. The Morgan fingerprint density at radius 1 is 1.17 bits per heavy atom. The molecule has 0 aliphatic rings. The second-order valence-electron chi connectivity index (χ2n) is 4.80. The van der Waals surface area contributed by atoms with Crippen molar-refractivity contribution >= 4 is 15.9 Å². The lowest BCUT2D eigenvalue weighted by Crippen LogP contribution is -2.30. The number of ether oxygens (including phenoxy) is 1. The van der Waals surface area contributed by atoms with Gasteiger partial charge in [-0.3, -0.25) is 4.79 Å². The van der Waals surface area contributed by atoms with Gasteiger partial charge in [0.05, 0.1) is 11.5 Å². The Balaban J connectivity index is 2.21. The summed E-state index contributed by atoms with van der Waals surface area (Å²) in [7, 11) is -4.06. The van der Waals surface area contributed by atoms with E-state index in [1.54, 1.807) is 19.1 Å². The summed E-state index contributed by atoms with van der Waals surface area (Å²) in [6.07, 6.45) is 0. The van der Waals surface area contributed by atoms with Gasteiger partial charge in [-0.2, -0.15) is 0 Å². The quantitative estimate of drug-likeness (QED) is 0.910. The molecule has 0 fully saturated rings. The molecule has 0 saturated heterocycles. The zero-order chi connectivity index (χ0) is 17.0. The van der Waals surface area contributed by atoms with E-state index < -0.39 is 21.7 Å². The van der Waals surface area contributed by atoms with Crippen LogP contribution in [0.1, 0.15) is 22.8 Å². The largest absolute Gasteiger partial charge is 0.494 e. The van der Waals surface area contributed by atoms with Crippen LogP contribution in [0, 0.1) is 12.7 Å². The highest BCUT2D eigenvalue weighted by Crippen LogP contribution is 2.19. The average Bonchev–Trinajstić information content (AvgIpc) is 2.49. The van der Waals surface area contributed by atoms with Crippen LogP contribution < -0.4 is 9.46 Å². The van der Waals surface area contributed by atoms with Crippen LogP contribution in [0.25, 0.3) is 0 Å². The number of halogens is 1. The van der Waals surface area contributed by atoms with Gasteiger partial charge < -0.3 is 4.74 Å². The first-order valence-electron chi connectivity index (χ1n) is 6.89. The summed E-state index contributed by atoms with van der Waals surface area (Å²) in [5.74, 6) is -0.691. The van der Waals surface area contributed by atoms with E-state index in [2.05, 4.69) is 0 Å². The lowest BCUT2D eigenvalue weighted by molar-refractivity contribution is 0.0981. The smallest absolute Gasteiger partial charge is 0.265 e. The maximum Gasteiger partial charge on any atom is 0.265 e.